The topological polar surface area (TPSA) is 126 Å². The summed E-state index contributed by atoms with van der Waals surface area (Å²) < 4.78 is 19.7. The normalized spacial score (nSPS) is 27.2. The van der Waals surface area contributed by atoms with Crippen molar-refractivity contribution in [1.82, 2.24) is 34.9 Å². The molecule has 5 rings (SSSR count). The van der Waals surface area contributed by atoms with Crippen LogP contribution >= 0.6 is 0 Å². The lowest BCUT2D eigenvalue weighted by molar-refractivity contribution is -0.184. The third-order valence-corrected chi connectivity index (χ3v) is 8.29. The maximum absolute atomic E-state index is 14.3. The molecule has 3 atom stereocenters. The summed E-state index contributed by atoms with van der Waals surface area (Å²) in [6, 6.07) is 0.252. The number of rotatable bonds is 6. The minimum atomic E-state index is -0.826. The van der Waals surface area contributed by atoms with E-state index in [1.165, 1.54) is 0 Å². The number of aromatic amines is 1. The van der Waals surface area contributed by atoms with Gasteiger partial charge in [-0.05, 0) is 34.6 Å². The second-order valence-corrected chi connectivity index (χ2v) is 11.4. The molecule has 3 aliphatic rings. The number of ether oxygens (including phenoxy) is 1. The molecule has 204 valence electrons. The summed E-state index contributed by atoms with van der Waals surface area (Å²) in [7, 11) is 0. The molecule has 0 radical (unpaired) electrons. The van der Waals surface area contributed by atoms with Gasteiger partial charge in [-0.25, -0.2) is 14.4 Å². The van der Waals surface area contributed by atoms with E-state index in [0.29, 0.717) is 57.3 Å². The van der Waals surface area contributed by atoms with Gasteiger partial charge in [0, 0.05) is 69.9 Å². The largest absolute Gasteiger partial charge is 0.388 e. The van der Waals surface area contributed by atoms with E-state index in [1.807, 2.05) is 18.7 Å². The Bertz CT molecular complexity index is 1120. The van der Waals surface area contributed by atoms with Crippen molar-refractivity contribution in [2.45, 2.75) is 83.6 Å². The molecule has 2 aromatic rings. The first kappa shape index (κ1) is 26.4. The summed E-state index contributed by atoms with van der Waals surface area (Å²) in [6.45, 7) is 13.7. The Kier molecular flexibility index (Phi) is 7.01. The van der Waals surface area contributed by atoms with Crippen molar-refractivity contribution in [3.05, 3.63) is 29.1 Å². The van der Waals surface area contributed by atoms with Crippen LogP contribution in [0.2, 0.25) is 0 Å². The number of hydrogen-bond acceptors (Lipinski definition) is 10. The molecule has 4 N–H and O–H groups in total. The molecule has 0 saturated carbocycles. The molecule has 12 heteroatoms. The van der Waals surface area contributed by atoms with Gasteiger partial charge in [-0.3, -0.25) is 19.8 Å². The Morgan fingerprint density at radius 2 is 1.95 bits per heavy atom. The van der Waals surface area contributed by atoms with Gasteiger partial charge in [0.1, 0.15) is 5.82 Å². The fourth-order valence-corrected chi connectivity index (χ4v) is 5.90. The van der Waals surface area contributed by atoms with E-state index in [1.54, 1.807) is 6.92 Å². The van der Waals surface area contributed by atoms with Crippen molar-refractivity contribution in [2.75, 3.05) is 38.2 Å². The zero-order valence-electron chi connectivity index (χ0n) is 22.3. The molecule has 0 bridgehead atoms. The highest BCUT2D eigenvalue weighted by Crippen LogP contribution is 2.43. The van der Waals surface area contributed by atoms with Crippen LogP contribution < -0.4 is 5.32 Å². The average molecular weight is 519 g/mol. The first-order chi connectivity index (χ1) is 17.5. The van der Waals surface area contributed by atoms with E-state index in [2.05, 4.69) is 49.1 Å². The van der Waals surface area contributed by atoms with Crippen molar-refractivity contribution in [1.29, 1.82) is 0 Å². The molecular weight excluding hydrogens is 479 g/mol. The van der Waals surface area contributed by atoms with Crippen LogP contribution in [-0.2, 0) is 16.8 Å². The number of β-amino-alcohol motifs (C(OH)–C–C–N with tert-alkyl or cyclic N) is 1. The number of H-pyrrole nitrogens is 1. The Labute approximate surface area is 217 Å². The Morgan fingerprint density at radius 3 is 2.68 bits per heavy atom. The SMILES string of the molecule is Cc1ncc(F)c(Nc2n[nH]c3c2CN(C(O)N2C[C@@H](C)N(CC4(O)CCOCC4)C[C@@H]2C)C3(C)C)n1. The molecule has 0 amide bonds. The lowest BCUT2D eigenvalue weighted by Gasteiger charge is -2.51. The van der Waals surface area contributed by atoms with Gasteiger partial charge >= 0.3 is 0 Å². The van der Waals surface area contributed by atoms with Crippen LogP contribution in [0, 0.1) is 12.7 Å². The quantitative estimate of drug-likeness (QED) is 0.449. The number of aliphatic hydroxyl groups is 2. The summed E-state index contributed by atoms with van der Waals surface area (Å²) in [5, 5.41) is 33.2. The van der Waals surface area contributed by atoms with E-state index in [0.717, 1.165) is 24.0 Å². The fraction of sp³-hybridized carbons (Fsp3) is 0.720. The van der Waals surface area contributed by atoms with Gasteiger partial charge in [0.2, 0.25) is 0 Å². The van der Waals surface area contributed by atoms with Gasteiger partial charge in [-0.15, -0.1) is 0 Å². The van der Waals surface area contributed by atoms with Crippen LogP contribution in [0.4, 0.5) is 16.0 Å². The van der Waals surface area contributed by atoms with Crippen LogP contribution in [0.1, 0.15) is 57.6 Å². The summed E-state index contributed by atoms with van der Waals surface area (Å²) >= 11 is 0. The molecule has 2 fully saturated rings. The highest BCUT2D eigenvalue weighted by atomic mass is 19.1. The number of hydrogen-bond donors (Lipinski definition) is 4. The molecule has 0 aromatic carbocycles. The van der Waals surface area contributed by atoms with E-state index < -0.39 is 23.3 Å². The summed E-state index contributed by atoms with van der Waals surface area (Å²) in [5.41, 5.74) is 0.506. The fourth-order valence-electron chi connectivity index (χ4n) is 5.90. The standard InChI is InChI=1S/C25H39FN8O3/c1-15-12-33(16(2)11-32(15)14-25(36)6-8-37-9-7-25)23(35)34-13-18-20(24(34,4)5)30-31-21(18)29-22-19(26)10-27-17(3)28-22/h10,15-16,23,35-36H,6-9,11-14H2,1-5H3,(H2,27,28,29,30,31)/t15-,16+,23?/m1/s1. The molecule has 37 heavy (non-hydrogen) atoms. The number of halogens is 1. The number of fused-ring (bicyclic) bond motifs is 1. The number of aromatic nitrogens is 4. The van der Waals surface area contributed by atoms with E-state index >= 15 is 0 Å². The van der Waals surface area contributed by atoms with Gasteiger partial charge in [-0.2, -0.15) is 5.10 Å². The van der Waals surface area contributed by atoms with Crippen LogP contribution in [0.3, 0.4) is 0 Å². The number of aryl methyl sites for hydroxylation is 1. The average Bonchev–Trinajstić information content (AvgIpc) is 3.36. The number of piperazine rings is 1. The van der Waals surface area contributed by atoms with Crippen molar-refractivity contribution in [2.24, 2.45) is 0 Å². The van der Waals surface area contributed by atoms with Crippen molar-refractivity contribution in [3.63, 3.8) is 0 Å². The van der Waals surface area contributed by atoms with Crippen molar-refractivity contribution in [3.8, 4) is 0 Å². The first-order valence-corrected chi connectivity index (χ1v) is 13.1. The van der Waals surface area contributed by atoms with E-state index in [9.17, 15) is 14.6 Å². The first-order valence-electron chi connectivity index (χ1n) is 13.1. The maximum Gasteiger partial charge on any atom is 0.184 e. The predicted molar refractivity (Wildman–Crippen MR) is 135 cm³/mol. The van der Waals surface area contributed by atoms with Crippen LogP contribution in [0.5, 0.6) is 0 Å². The monoisotopic (exact) mass is 518 g/mol. The molecular formula is C25H39FN8O3. The molecule has 0 spiro atoms. The summed E-state index contributed by atoms with van der Waals surface area (Å²) in [4.78, 5) is 14.5. The molecule has 1 unspecified atom stereocenters. The zero-order valence-corrected chi connectivity index (χ0v) is 22.3. The van der Waals surface area contributed by atoms with Crippen molar-refractivity contribution < 1.29 is 19.3 Å². The molecule has 2 saturated heterocycles. The second kappa shape index (κ2) is 9.83. The molecule has 5 heterocycles. The van der Waals surface area contributed by atoms with Gasteiger partial charge in [0.15, 0.2) is 23.8 Å². The maximum atomic E-state index is 14.3. The van der Waals surface area contributed by atoms with Gasteiger partial charge < -0.3 is 20.3 Å². The molecule has 0 aliphatic carbocycles. The van der Waals surface area contributed by atoms with Crippen LogP contribution in [-0.4, -0.2) is 102 Å². The minimum absolute atomic E-state index is 0.0726. The number of nitrogens with one attached hydrogen (secondary N) is 2. The highest BCUT2D eigenvalue weighted by Gasteiger charge is 2.48. The van der Waals surface area contributed by atoms with Crippen LogP contribution in [0.25, 0.3) is 0 Å². The lowest BCUT2D eigenvalue weighted by atomic mass is 9.92. The Hall–Kier alpha value is -2.22. The third kappa shape index (κ3) is 4.98. The molecule has 3 aliphatic heterocycles. The van der Waals surface area contributed by atoms with Gasteiger partial charge in [-0.1, -0.05) is 0 Å². The minimum Gasteiger partial charge on any atom is -0.388 e. The van der Waals surface area contributed by atoms with Gasteiger partial charge in [0.05, 0.1) is 23.0 Å². The lowest BCUT2D eigenvalue weighted by Crippen LogP contribution is -2.65. The predicted octanol–water partition coefficient (Wildman–Crippen LogP) is 1.65. The number of nitrogens with zero attached hydrogens (tertiary/aromatic N) is 6. The zero-order chi connectivity index (χ0) is 26.5. The summed E-state index contributed by atoms with van der Waals surface area (Å²) in [6.07, 6.45) is 1.62. The second-order valence-electron chi connectivity index (χ2n) is 11.4. The smallest absolute Gasteiger partial charge is 0.184 e. The molecule has 11 nitrogen and oxygen atoms in total. The van der Waals surface area contributed by atoms with E-state index in [4.69, 9.17) is 4.74 Å². The molecule has 2 aromatic heterocycles. The Morgan fingerprint density at radius 1 is 1.22 bits per heavy atom. The van der Waals surface area contributed by atoms with Gasteiger partial charge in [0.25, 0.3) is 0 Å². The number of anilines is 2. The Balaban J connectivity index is 1.29. The van der Waals surface area contributed by atoms with Crippen molar-refractivity contribution >= 4 is 11.6 Å². The third-order valence-electron chi connectivity index (χ3n) is 8.29. The number of aliphatic hydroxyl groups excluding tert-OH is 1. The highest BCUT2D eigenvalue weighted by molar-refractivity contribution is 5.59. The van der Waals surface area contributed by atoms with E-state index in [-0.39, 0.29) is 17.9 Å². The van der Waals surface area contributed by atoms with Crippen LogP contribution in [0.15, 0.2) is 6.20 Å². The summed E-state index contributed by atoms with van der Waals surface area (Å²) in [5.74, 6) is 0.469.